The molecule has 0 bridgehead atoms. The van der Waals surface area contributed by atoms with Crippen molar-refractivity contribution in [2.75, 3.05) is 0 Å². The van der Waals surface area contributed by atoms with E-state index in [2.05, 4.69) is 47.0 Å². The second-order valence-electron chi connectivity index (χ2n) is 6.54. The number of thiazole rings is 1. The highest BCUT2D eigenvalue weighted by Crippen LogP contribution is 2.35. The van der Waals surface area contributed by atoms with E-state index < -0.39 is 0 Å². The first-order valence-corrected chi connectivity index (χ1v) is 8.07. The minimum absolute atomic E-state index is 0.500. The fraction of sp³-hybridized carbons (Fsp3) is 0.667. The molecule has 1 aliphatic rings. The van der Waals surface area contributed by atoms with Gasteiger partial charge >= 0.3 is 0 Å². The molecule has 0 aromatic carbocycles. The zero-order valence-electron chi connectivity index (χ0n) is 12.1. The number of rotatable bonds is 3. The van der Waals surface area contributed by atoms with E-state index in [1.54, 1.807) is 11.3 Å². The predicted molar refractivity (Wildman–Crippen MR) is 80.7 cm³/mol. The van der Waals surface area contributed by atoms with Crippen LogP contribution in [0, 0.1) is 12.3 Å². The van der Waals surface area contributed by atoms with Crippen LogP contribution in [0.1, 0.15) is 50.9 Å². The lowest BCUT2D eigenvalue weighted by Gasteiger charge is -2.35. The summed E-state index contributed by atoms with van der Waals surface area (Å²) in [7, 11) is 0. The van der Waals surface area contributed by atoms with Crippen molar-refractivity contribution in [1.29, 1.82) is 0 Å². The van der Waals surface area contributed by atoms with Crippen LogP contribution in [-0.4, -0.2) is 15.4 Å². The van der Waals surface area contributed by atoms with E-state index in [1.807, 2.05) is 0 Å². The Morgan fingerprint density at radius 1 is 1.53 bits per heavy atom. The van der Waals surface area contributed by atoms with Gasteiger partial charge in [0.25, 0.3) is 0 Å². The molecule has 2 aromatic heterocycles. The van der Waals surface area contributed by atoms with Crippen LogP contribution in [0.5, 0.6) is 0 Å². The highest BCUT2D eigenvalue weighted by atomic mass is 32.1. The van der Waals surface area contributed by atoms with Crippen LogP contribution < -0.4 is 5.32 Å². The summed E-state index contributed by atoms with van der Waals surface area (Å²) in [5.74, 6) is 0. The molecular formula is C15H23N3S. The first-order valence-electron chi connectivity index (χ1n) is 7.20. The van der Waals surface area contributed by atoms with Gasteiger partial charge in [0, 0.05) is 24.2 Å². The maximum absolute atomic E-state index is 4.61. The van der Waals surface area contributed by atoms with E-state index in [-0.39, 0.29) is 0 Å². The molecule has 1 atom stereocenters. The van der Waals surface area contributed by atoms with Gasteiger partial charge in [-0.05, 0) is 31.6 Å². The van der Waals surface area contributed by atoms with Gasteiger partial charge in [-0.2, -0.15) is 0 Å². The summed E-state index contributed by atoms with van der Waals surface area (Å²) in [6.07, 6.45) is 7.45. The summed E-state index contributed by atoms with van der Waals surface area (Å²) in [5.41, 5.74) is 2.98. The quantitative estimate of drug-likeness (QED) is 0.925. The smallest absolute Gasteiger partial charge is 0.194 e. The first kappa shape index (κ1) is 13.1. The van der Waals surface area contributed by atoms with E-state index in [1.165, 1.54) is 31.4 Å². The van der Waals surface area contributed by atoms with Crippen molar-refractivity contribution in [3.05, 3.63) is 23.0 Å². The van der Waals surface area contributed by atoms with Gasteiger partial charge in [0.1, 0.15) is 0 Å². The molecule has 104 valence electrons. The van der Waals surface area contributed by atoms with Gasteiger partial charge < -0.3 is 5.32 Å². The third-order valence-corrected chi connectivity index (χ3v) is 5.08. The van der Waals surface area contributed by atoms with Gasteiger partial charge in [-0.1, -0.05) is 20.3 Å². The number of imidazole rings is 1. The Morgan fingerprint density at radius 2 is 2.37 bits per heavy atom. The second kappa shape index (κ2) is 4.91. The molecule has 3 nitrogen and oxygen atoms in total. The van der Waals surface area contributed by atoms with E-state index in [0.717, 1.165) is 17.2 Å². The van der Waals surface area contributed by atoms with Crippen molar-refractivity contribution >= 4 is 16.3 Å². The van der Waals surface area contributed by atoms with Crippen LogP contribution in [0.2, 0.25) is 0 Å². The summed E-state index contributed by atoms with van der Waals surface area (Å²) in [4.78, 5) is 5.72. The average molecular weight is 277 g/mol. The molecule has 1 saturated carbocycles. The van der Waals surface area contributed by atoms with Crippen LogP contribution in [-0.2, 0) is 6.54 Å². The van der Waals surface area contributed by atoms with Gasteiger partial charge in [-0.15, -0.1) is 11.3 Å². The lowest BCUT2D eigenvalue weighted by atomic mass is 9.75. The van der Waals surface area contributed by atoms with Gasteiger partial charge in [-0.3, -0.25) is 4.40 Å². The highest BCUT2D eigenvalue weighted by molar-refractivity contribution is 7.15. The zero-order valence-corrected chi connectivity index (χ0v) is 12.9. The van der Waals surface area contributed by atoms with E-state index in [4.69, 9.17) is 0 Å². The van der Waals surface area contributed by atoms with Gasteiger partial charge in [0.05, 0.1) is 11.4 Å². The van der Waals surface area contributed by atoms with Crippen LogP contribution in [0.3, 0.4) is 0 Å². The lowest BCUT2D eigenvalue weighted by molar-refractivity contribution is 0.197. The molecule has 2 aromatic rings. The molecule has 0 aliphatic heterocycles. The Morgan fingerprint density at radius 3 is 3.16 bits per heavy atom. The molecule has 1 aliphatic carbocycles. The molecule has 3 rings (SSSR count). The Labute approximate surface area is 119 Å². The zero-order chi connectivity index (χ0) is 13.5. The van der Waals surface area contributed by atoms with Crippen molar-refractivity contribution in [1.82, 2.24) is 14.7 Å². The van der Waals surface area contributed by atoms with Crippen molar-refractivity contribution in [2.24, 2.45) is 5.41 Å². The van der Waals surface area contributed by atoms with E-state index in [0.29, 0.717) is 11.5 Å². The number of fused-ring (bicyclic) bond motifs is 1. The molecule has 4 heteroatoms. The fourth-order valence-corrected chi connectivity index (χ4v) is 4.05. The predicted octanol–water partition coefficient (Wildman–Crippen LogP) is 3.76. The maximum atomic E-state index is 4.61. The van der Waals surface area contributed by atoms with Crippen molar-refractivity contribution < 1.29 is 0 Å². The molecule has 1 N–H and O–H groups in total. The van der Waals surface area contributed by atoms with Crippen LogP contribution in [0.4, 0.5) is 0 Å². The van der Waals surface area contributed by atoms with Gasteiger partial charge in [0.15, 0.2) is 4.96 Å². The van der Waals surface area contributed by atoms with Crippen LogP contribution in [0.15, 0.2) is 11.6 Å². The molecule has 0 spiro atoms. The number of nitrogens with one attached hydrogen (secondary N) is 1. The minimum atomic E-state index is 0.500. The van der Waals surface area contributed by atoms with Crippen molar-refractivity contribution in [2.45, 2.75) is 59.0 Å². The summed E-state index contributed by atoms with van der Waals surface area (Å²) >= 11 is 1.71. The van der Waals surface area contributed by atoms with E-state index >= 15 is 0 Å². The fourth-order valence-electron chi connectivity index (χ4n) is 3.27. The third-order valence-electron chi connectivity index (χ3n) is 4.32. The second-order valence-corrected chi connectivity index (χ2v) is 7.41. The Bertz CT molecular complexity index is 567. The summed E-state index contributed by atoms with van der Waals surface area (Å²) in [6, 6.07) is 0.660. The van der Waals surface area contributed by atoms with Crippen LogP contribution >= 0.6 is 11.3 Å². The number of hydrogen-bond donors (Lipinski definition) is 1. The standard InChI is InChI=1S/C15H23N3S/c1-11-13(18-7-8-19-14(18)17-11)10-16-12-5-4-6-15(2,3)9-12/h7-8,12,16H,4-6,9-10H2,1-3H3. The summed E-state index contributed by atoms with van der Waals surface area (Å²) < 4.78 is 2.22. The monoisotopic (exact) mass is 277 g/mol. The molecule has 0 saturated heterocycles. The summed E-state index contributed by atoms with van der Waals surface area (Å²) in [5, 5.41) is 5.85. The molecule has 1 unspecified atom stereocenters. The topological polar surface area (TPSA) is 29.3 Å². The number of aromatic nitrogens is 2. The first-order chi connectivity index (χ1) is 9.05. The number of hydrogen-bond acceptors (Lipinski definition) is 3. The highest BCUT2D eigenvalue weighted by Gasteiger charge is 2.27. The lowest BCUT2D eigenvalue weighted by Crippen LogP contribution is -2.37. The average Bonchev–Trinajstić information content (AvgIpc) is 2.86. The molecule has 1 fully saturated rings. The number of aryl methyl sites for hydroxylation is 1. The molecule has 0 radical (unpaired) electrons. The normalized spacial score (nSPS) is 23.0. The largest absolute Gasteiger partial charge is 0.308 e. The number of nitrogens with zero attached hydrogens (tertiary/aromatic N) is 2. The van der Waals surface area contributed by atoms with Crippen LogP contribution in [0.25, 0.3) is 4.96 Å². The third kappa shape index (κ3) is 2.70. The Kier molecular flexibility index (Phi) is 3.39. The SMILES string of the molecule is Cc1nc2sccn2c1CNC1CCCC(C)(C)C1. The van der Waals surface area contributed by atoms with Gasteiger partial charge in [0.2, 0.25) is 0 Å². The summed E-state index contributed by atoms with van der Waals surface area (Å²) in [6.45, 7) is 7.83. The van der Waals surface area contributed by atoms with E-state index in [9.17, 15) is 0 Å². The molecular weight excluding hydrogens is 254 g/mol. The molecule has 19 heavy (non-hydrogen) atoms. The minimum Gasteiger partial charge on any atom is -0.308 e. The maximum Gasteiger partial charge on any atom is 0.194 e. The van der Waals surface area contributed by atoms with Gasteiger partial charge in [-0.25, -0.2) is 4.98 Å². The Hall–Kier alpha value is -0.870. The van der Waals surface area contributed by atoms with Crippen molar-refractivity contribution in [3.63, 3.8) is 0 Å². The van der Waals surface area contributed by atoms with Crippen molar-refractivity contribution in [3.8, 4) is 0 Å². The molecule has 0 amide bonds. The molecule has 2 heterocycles. The Balaban J connectivity index is 1.69.